The second-order valence-electron chi connectivity index (χ2n) is 5.62. The zero-order valence-electron chi connectivity index (χ0n) is 12.3. The van der Waals surface area contributed by atoms with Crippen LogP contribution in [-0.4, -0.2) is 34.3 Å². The molecule has 0 radical (unpaired) electrons. The number of aliphatic hydroxyl groups excluding tert-OH is 1. The van der Waals surface area contributed by atoms with Crippen molar-refractivity contribution in [3.05, 3.63) is 28.7 Å². The average molecular weight is 331 g/mol. The maximum atomic E-state index is 9.75. The van der Waals surface area contributed by atoms with Crippen LogP contribution in [0.2, 0.25) is 0 Å². The molecule has 1 saturated heterocycles. The predicted molar refractivity (Wildman–Crippen MR) is 92.9 cm³/mol. The van der Waals surface area contributed by atoms with Crippen LogP contribution in [0.4, 0.5) is 5.82 Å². The highest BCUT2D eigenvalue weighted by molar-refractivity contribution is 7.18. The zero-order valence-corrected chi connectivity index (χ0v) is 14.0. The van der Waals surface area contributed by atoms with Crippen molar-refractivity contribution in [2.24, 2.45) is 0 Å². The summed E-state index contributed by atoms with van der Waals surface area (Å²) in [5.41, 5.74) is 1.23. The van der Waals surface area contributed by atoms with Crippen LogP contribution in [0.25, 0.3) is 20.7 Å². The van der Waals surface area contributed by atoms with Gasteiger partial charge in [0.1, 0.15) is 16.5 Å². The molecule has 0 spiro atoms. The van der Waals surface area contributed by atoms with E-state index in [0.29, 0.717) is 0 Å². The van der Waals surface area contributed by atoms with Crippen molar-refractivity contribution in [2.45, 2.75) is 25.9 Å². The number of thiophene rings is 2. The van der Waals surface area contributed by atoms with Gasteiger partial charge < -0.3 is 10.0 Å². The third kappa shape index (κ3) is 2.41. The van der Waals surface area contributed by atoms with Crippen LogP contribution >= 0.6 is 22.7 Å². The lowest BCUT2D eigenvalue weighted by atomic mass is 10.1. The van der Waals surface area contributed by atoms with Gasteiger partial charge in [-0.05, 0) is 31.2 Å². The Morgan fingerprint density at radius 1 is 1.23 bits per heavy atom. The Bertz CT molecular complexity index is 789. The lowest BCUT2D eigenvalue weighted by Crippen LogP contribution is -2.36. The first-order valence-electron chi connectivity index (χ1n) is 7.45. The molecule has 0 amide bonds. The third-order valence-corrected chi connectivity index (χ3v) is 5.85. The fourth-order valence-electron chi connectivity index (χ4n) is 2.95. The van der Waals surface area contributed by atoms with Gasteiger partial charge in [-0.25, -0.2) is 9.97 Å². The van der Waals surface area contributed by atoms with Crippen molar-refractivity contribution in [3.63, 3.8) is 0 Å². The fourth-order valence-corrected chi connectivity index (χ4v) is 4.75. The van der Waals surface area contributed by atoms with E-state index in [1.807, 2.05) is 6.92 Å². The maximum Gasteiger partial charge on any atom is 0.141 e. The molecule has 1 aliphatic heterocycles. The lowest BCUT2D eigenvalue weighted by molar-refractivity contribution is 0.145. The van der Waals surface area contributed by atoms with Crippen molar-refractivity contribution in [1.82, 2.24) is 9.97 Å². The summed E-state index contributed by atoms with van der Waals surface area (Å²) in [5.74, 6) is 1.84. The molecule has 114 valence electrons. The van der Waals surface area contributed by atoms with Gasteiger partial charge in [0.25, 0.3) is 0 Å². The van der Waals surface area contributed by atoms with Crippen molar-refractivity contribution >= 4 is 38.7 Å². The van der Waals surface area contributed by atoms with E-state index in [2.05, 4.69) is 32.8 Å². The minimum atomic E-state index is -0.172. The minimum Gasteiger partial charge on any atom is -0.393 e. The molecular weight excluding hydrogens is 314 g/mol. The summed E-state index contributed by atoms with van der Waals surface area (Å²) < 4.78 is 0. The number of anilines is 1. The number of aryl methyl sites for hydroxylation is 1. The second kappa shape index (κ2) is 5.61. The van der Waals surface area contributed by atoms with E-state index in [1.165, 1.54) is 10.4 Å². The molecule has 22 heavy (non-hydrogen) atoms. The average Bonchev–Trinajstić information content (AvgIpc) is 3.15. The summed E-state index contributed by atoms with van der Waals surface area (Å²) in [4.78, 5) is 14.0. The molecule has 1 fully saturated rings. The second-order valence-corrected chi connectivity index (χ2v) is 7.43. The number of nitrogens with zero attached hydrogens (tertiary/aromatic N) is 3. The van der Waals surface area contributed by atoms with Crippen LogP contribution in [0.5, 0.6) is 0 Å². The molecule has 0 bridgehead atoms. The summed E-state index contributed by atoms with van der Waals surface area (Å²) >= 11 is 3.43. The topological polar surface area (TPSA) is 49.2 Å². The lowest BCUT2D eigenvalue weighted by Gasteiger charge is -2.31. The Labute approximate surface area is 137 Å². The fraction of sp³-hybridized carbons (Fsp3) is 0.375. The highest BCUT2D eigenvalue weighted by Crippen LogP contribution is 2.40. The third-order valence-electron chi connectivity index (χ3n) is 4.08. The summed E-state index contributed by atoms with van der Waals surface area (Å²) in [5, 5.41) is 15.2. The summed E-state index contributed by atoms with van der Waals surface area (Å²) in [6, 6.07) is 4.23. The Hall–Kier alpha value is -1.50. The molecule has 6 heteroatoms. The summed E-state index contributed by atoms with van der Waals surface area (Å²) in [7, 11) is 0. The first kappa shape index (κ1) is 14.1. The molecule has 0 unspecified atom stereocenters. The molecule has 3 aromatic heterocycles. The smallest absolute Gasteiger partial charge is 0.141 e. The number of fused-ring (bicyclic) bond motifs is 1. The van der Waals surface area contributed by atoms with Crippen LogP contribution in [0.1, 0.15) is 18.7 Å². The van der Waals surface area contributed by atoms with Crippen molar-refractivity contribution in [3.8, 4) is 10.4 Å². The van der Waals surface area contributed by atoms with Crippen molar-refractivity contribution < 1.29 is 5.11 Å². The van der Waals surface area contributed by atoms with E-state index >= 15 is 0 Å². The SMILES string of the molecule is Cc1nc(N2CCC(O)CC2)c2c(-c3cccs3)csc2n1. The quantitative estimate of drug-likeness (QED) is 0.778. The Kier molecular flexibility index (Phi) is 3.60. The van der Waals surface area contributed by atoms with E-state index in [0.717, 1.165) is 47.8 Å². The van der Waals surface area contributed by atoms with Gasteiger partial charge in [-0.15, -0.1) is 22.7 Å². The standard InChI is InChI=1S/C16H17N3OS2/c1-10-17-15(19-6-4-11(20)5-7-19)14-12(9-22-16(14)18-10)13-3-2-8-21-13/h2-3,8-9,11,20H,4-7H2,1H3. The number of rotatable bonds is 2. The van der Waals surface area contributed by atoms with Crippen molar-refractivity contribution in [2.75, 3.05) is 18.0 Å². The molecule has 0 saturated carbocycles. The Balaban J connectivity index is 1.87. The molecule has 0 aliphatic carbocycles. The van der Waals surface area contributed by atoms with Gasteiger partial charge in [0.2, 0.25) is 0 Å². The van der Waals surface area contributed by atoms with Crippen LogP contribution in [-0.2, 0) is 0 Å². The first-order valence-corrected chi connectivity index (χ1v) is 9.21. The molecule has 4 heterocycles. The number of hydrogen-bond donors (Lipinski definition) is 1. The van der Waals surface area contributed by atoms with E-state index in [9.17, 15) is 5.11 Å². The number of aromatic nitrogens is 2. The van der Waals surface area contributed by atoms with Gasteiger partial charge in [0, 0.05) is 28.9 Å². The van der Waals surface area contributed by atoms with E-state index < -0.39 is 0 Å². The molecule has 0 aromatic carbocycles. The molecule has 1 aliphatic rings. The first-order chi connectivity index (χ1) is 10.7. The van der Waals surface area contributed by atoms with Crippen LogP contribution in [0.3, 0.4) is 0 Å². The largest absolute Gasteiger partial charge is 0.393 e. The normalized spacial score (nSPS) is 16.5. The van der Waals surface area contributed by atoms with Gasteiger partial charge in [0.15, 0.2) is 0 Å². The van der Waals surface area contributed by atoms with E-state index in [1.54, 1.807) is 22.7 Å². The van der Waals surface area contributed by atoms with Gasteiger partial charge in [-0.1, -0.05) is 6.07 Å². The monoisotopic (exact) mass is 331 g/mol. The summed E-state index contributed by atoms with van der Waals surface area (Å²) in [6.07, 6.45) is 1.44. The highest BCUT2D eigenvalue weighted by Gasteiger charge is 2.23. The Morgan fingerprint density at radius 2 is 2.05 bits per heavy atom. The molecule has 4 nitrogen and oxygen atoms in total. The molecule has 0 atom stereocenters. The Morgan fingerprint density at radius 3 is 2.77 bits per heavy atom. The van der Waals surface area contributed by atoms with Gasteiger partial charge in [-0.2, -0.15) is 0 Å². The molecule has 1 N–H and O–H groups in total. The van der Waals surface area contributed by atoms with Gasteiger partial charge in [0.05, 0.1) is 11.5 Å². The van der Waals surface area contributed by atoms with Crippen LogP contribution < -0.4 is 4.90 Å². The maximum absolute atomic E-state index is 9.75. The molecule has 3 aromatic rings. The number of piperidine rings is 1. The summed E-state index contributed by atoms with van der Waals surface area (Å²) in [6.45, 7) is 3.66. The van der Waals surface area contributed by atoms with Crippen molar-refractivity contribution in [1.29, 1.82) is 0 Å². The minimum absolute atomic E-state index is 0.172. The highest BCUT2D eigenvalue weighted by atomic mass is 32.1. The zero-order chi connectivity index (χ0) is 15.1. The molecule has 4 rings (SSSR count). The van der Waals surface area contributed by atoms with Gasteiger partial charge >= 0.3 is 0 Å². The van der Waals surface area contributed by atoms with Crippen LogP contribution in [0.15, 0.2) is 22.9 Å². The van der Waals surface area contributed by atoms with E-state index in [4.69, 9.17) is 4.98 Å². The molecular formula is C16H17N3OS2. The number of hydrogen-bond acceptors (Lipinski definition) is 6. The van der Waals surface area contributed by atoms with Gasteiger partial charge in [-0.3, -0.25) is 0 Å². The predicted octanol–water partition coefficient (Wildman–Crippen LogP) is 3.69. The van der Waals surface area contributed by atoms with Crippen LogP contribution in [0, 0.1) is 6.92 Å². The van der Waals surface area contributed by atoms with E-state index in [-0.39, 0.29) is 6.10 Å². The number of aliphatic hydroxyl groups is 1.